The maximum Gasteiger partial charge on any atom is 0.338 e. The Labute approximate surface area is 183 Å². The maximum atomic E-state index is 12.7. The molecule has 0 radical (unpaired) electrons. The fourth-order valence-corrected chi connectivity index (χ4v) is 2.83. The van der Waals surface area contributed by atoms with Crippen LogP contribution in [0.2, 0.25) is 0 Å². The number of carbonyl (C=O) groups is 3. The van der Waals surface area contributed by atoms with Gasteiger partial charge in [-0.25, -0.2) is 4.79 Å². The molecular weight excluding hydrogens is 414 g/mol. The van der Waals surface area contributed by atoms with Crippen LogP contribution in [0.25, 0.3) is 0 Å². The van der Waals surface area contributed by atoms with Crippen LogP contribution in [0.3, 0.4) is 0 Å². The van der Waals surface area contributed by atoms with Gasteiger partial charge in [0.2, 0.25) is 0 Å². The molecule has 3 aromatic carbocycles. The zero-order valence-corrected chi connectivity index (χ0v) is 17.0. The molecule has 2 N–H and O–H groups in total. The molecule has 0 atom stereocenters. The molecule has 0 aliphatic carbocycles. The van der Waals surface area contributed by atoms with Crippen LogP contribution in [-0.4, -0.2) is 29.3 Å². The fourth-order valence-electron chi connectivity index (χ4n) is 2.83. The average molecular weight is 433 g/mol. The van der Waals surface area contributed by atoms with Gasteiger partial charge in [0.15, 0.2) is 6.61 Å². The molecular formula is C23H19N3O6. The third kappa shape index (κ3) is 5.76. The number of amides is 2. The summed E-state index contributed by atoms with van der Waals surface area (Å²) in [7, 11) is 0. The molecule has 9 heteroatoms. The predicted octanol–water partition coefficient (Wildman–Crippen LogP) is 3.95. The van der Waals surface area contributed by atoms with Gasteiger partial charge in [0.05, 0.1) is 21.7 Å². The van der Waals surface area contributed by atoms with Crippen LogP contribution in [0.1, 0.15) is 26.3 Å². The number of benzene rings is 3. The van der Waals surface area contributed by atoms with E-state index >= 15 is 0 Å². The van der Waals surface area contributed by atoms with Gasteiger partial charge in [-0.2, -0.15) is 0 Å². The van der Waals surface area contributed by atoms with E-state index in [0.29, 0.717) is 5.69 Å². The van der Waals surface area contributed by atoms with Crippen molar-refractivity contribution in [3.63, 3.8) is 0 Å². The smallest absolute Gasteiger partial charge is 0.338 e. The Morgan fingerprint density at radius 3 is 2.34 bits per heavy atom. The number of nitro groups is 1. The number of para-hydroxylation sites is 1. The van der Waals surface area contributed by atoms with Gasteiger partial charge < -0.3 is 15.4 Å². The molecule has 0 fully saturated rings. The molecule has 162 valence electrons. The first-order valence-electron chi connectivity index (χ1n) is 9.52. The number of nitro benzene ring substituents is 1. The number of anilines is 2. The van der Waals surface area contributed by atoms with Crippen molar-refractivity contribution in [2.45, 2.75) is 6.92 Å². The number of nitrogens with zero attached hydrogens (tertiary/aromatic N) is 1. The Morgan fingerprint density at radius 2 is 1.66 bits per heavy atom. The molecule has 0 bridgehead atoms. The van der Waals surface area contributed by atoms with Gasteiger partial charge in [0, 0.05) is 17.8 Å². The number of esters is 1. The zero-order valence-electron chi connectivity index (χ0n) is 17.0. The predicted molar refractivity (Wildman–Crippen MR) is 118 cm³/mol. The van der Waals surface area contributed by atoms with Gasteiger partial charge in [-0.05, 0) is 48.9 Å². The summed E-state index contributed by atoms with van der Waals surface area (Å²) in [4.78, 5) is 47.1. The number of aryl methyl sites for hydroxylation is 1. The quantitative estimate of drug-likeness (QED) is 0.330. The van der Waals surface area contributed by atoms with Crippen molar-refractivity contribution in [2.24, 2.45) is 0 Å². The Hall–Kier alpha value is -4.53. The molecule has 3 aromatic rings. The standard InChI is InChI=1S/C23H19N3O6/c1-15-5-4-6-17(13-15)24-22(28)19-7-2-3-8-20(19)25-21(27)14-32-23(29)16-9-11-18(12-10-16)26(30)31/h2-13H,14H2,1H3,(H,24,28)(H,25,27). The normalized spacial score (nSPS) is 10.2. The number of rotatable bonds is 7. The second-order valence-corrected chi connectivity index (χ2v) is 6.80. The van der Waals surface area contributed by atoms with Gasteiger partial charge in [0.25, 0.3) is 17.5 Å². The van der Waals surface area contributed by atoms with Crippen LogP contribution in [0.5, 0.6) is 0 Å². The number of ether oxygens (including phenoxy) is 1. The van der Waals surface area contributed by atoms with Crippen molar-refractivity contribution in [2.75, 3.05) is 17.2 Å². The van der Waals surface area contributed by atoms with Crippen molar-refractivity contribution >= 4 is 34.8 Å². The van der Waals surface area contributed by atoms with Crippen molar-refractivity contribution < 1.29 is 24.0 Å². The monoisotopic (exact) mass is 433 g/mol. The third-order valence-electron chi connectivity index (χ3n) is 4.37. The molecule has 0 heterocycles. The first-order valence-corrected chi connectivity index (χ1v) is 9.52. The van der Waals surface area contributed by atoms with Crippen molar-refractivity contribution in [1.82, 2.24) is 0 Å². The summed E-state index contributed by atoms with van der Waals surface area (Å²) in [5.41, 5.74) is 2.01. The molecule has 32 heavy (non-hydrogen) atoms. The molecule has 0 saturated carbocycles. The molecule has 0 saturated heterocycles. The minimum atomic E-state index is -0.805. The van der Waals surface area contributed by atoms with Crippen LogP contribution in [0.4, 0.5) is 17.1 Å². The largest absolute Gasteiger partial charge is 0.452 e. The highest BCUT2D eigenvalue weighted by molar-refractivity contribution is 6.10. The van der Waals surface area contributed by atoms with E-state index in [1.54, 1.807) is 30.3 Å². The van der Waals surface area contributed by atoms with E-state index in [1.807, 2.05) is 25.1 Å². The molecule has 0 spiro atoms. The van der Waals surface area contributed by atoms with Gasteiger partial charge in [0.1, 0.15) is 0 Å². The zero-order chi connectivity index (χ0) is 23.1. The molecule has 3 rings (SSSR count). The lowest BCUT2D eigenvalue weighted by Gasteiger charge is -2.12. The van der Waals surface area contributed by atoms with Crippen LogP contribution in [0, 0.1) is 17.0 Å². The second kappa shape index (κ2) is 9.98. The van der Waals surface area contributed by atoms with Gasteiger partial charge in [-0.3, -0.25) is 19.7 Å². The SMILES string of the molecule is Cc1cccc(NC(=O)c2ccccc2NC(=O)COC(=O)c2ccc([N+](=O)[O-])cc2)c1. The minimum absolute atomic E-state index is 0.0707. The average Bonchev–Trinajstić information content (AvgIpc) is 2.78. The van der Waals surface area contributed by atoms with Gasteiger partial charge in [-0.1, -0.05) is 24.3 Å². The summed E-state index contributed by atoms with van der Waals surface area (Å²) in [6.07, 6.45) is 0. The highest BCUT2D eigenvalue weighted by Gasteiger charge is 2.16. The molecule has 0 aliphatic rings. The van der Waals surface area contributed by atoms with Crippen molar-refractivity contribution in [3.05, 3.63) is 99.6 Å². The summed E-state index contributed by atoms with van der Waals surface area (Å²) in [5.74, 6) is -1.86. The van der Waals surface area contributed by atoms with E-state index in [4.69, 9.17) is 4.74 Å². The molecule has 9 nitrogen and oxygen atoms in total. The Balaban J connectivity index is 1.61. The number of carbonyl (C=O) groups excluding carboxylic acids is 3. The lowest BCUT2D eigenvalue weighted by atomic mass is 10.1. The Morgan fingerprint density at radius 1 is 0.938 bits per heavy atom. The number of nitrogens with one attached hydrogen (secondary N) is 2. The van der Waals surface area contributed by atoms with Crippen LogP contribution in [0.15, 0.2) is 72.8 Å². The Bertz CT molecular complexity index is 1170. The van der Waals surface area contributed by atoms with Crippen molar-refractivity contribution in [3.8, 4) is 0 Å². The van der Waals surface area contributed by atoms with E-state index in [-0.39, 0.29) is 22.5 Å². The van der Waals surface area contributed by atoms with E-state index in [2.05, 4.69) is 10.6 Å². The number of hydrogen-bond acceptors (Lipinski definition) is 6. The molecule has 2 amide bonds. The molecule has 0 aliphatic heterocycles. The maximum absolute atomic E-state index is 12.7. The molecule has 0 unspecified atom stereocenters. The van der Waals surface area contributed by atoms with Crippen LogP contribution < -0.4 is 10.6 Å². The first-order chi connectivity index (χ1) is 15.3. The van der Waals surface area contributed by atoms with Gasteiger partial charge >= 0.3 is 5.97 Å². The Kier molecular flexibility index (Phi) is 6.92. The van der Waals surface area contributed by atoms with Gasteiger partial charge in [-0.15, -0.1) is 0 Å². The summed E-state index contributed by atoms with van der Waals surface area (Å²) in [6.45, 7) is 1.31. The lowest BCUT2D eigenvalue weighted by molar-refractivity contribution is -0.384. The third-order valence-corrected chi connectivity index (χ3v) is 4.37. The highest BCUT2D eigenvalue weighted by Crippen LogP contribution is 2.18. The van der Waals surface area contributed by atoms with E-state index in [1.165, 1.54) is 24.3 Å². The topological polar surface area (TPSA) is 128 Å². The van der Waals surface area contributed by atoms with Crippen LogP contribution >= 0.6 is 0 Å². The summed E-state index contributed by atoms with van der Waals surface area (Å²) in [5, 5.41) is 16.0. The summed E-state index contributed by atoms with van der Waals surface area (Å²) in [6, 6.07) is 18.5. The fraction of sp³-hybridized carbons (Fsp3) is 0.0870. The van der Waals surface area contributed by atoms with Crippen LogP contribution in [-0.2, 0) is 9.53 Å². The van der Waals surface area contributed by atoms with E-state index in [0.717, 1.165) is 5.56 Å². The molecule has 0 aromatic heterocycles. The number of hydrogen-bond donors (Lipinski definition) is 2. The lowest BCUT2D eigenvalue weighted by Crippen LogP contribution is -2.23. The summed E-state index contributed by atoms with van der Waals surface area (Å²) < 4.78 is 4.95. The highest BCUT2D eigenvalue weighted by atomic mass is 16.6. The van der Waals surface area contributed by atoms with E-state index in [9.17, 15) is 24.5 Å². The second-order valence-electron chi connectivity index (χ2n) is 6.80. The van der Waals surface area contributed by atoms with E-state index < -0.39 is 29.3 Å². The summed E-state index contributed by atoms with van der Waals surface area (Å²) >= 11 is 0. The number of non-ortho nitro benzene ring substituents is 1. The minimum Gasteiger partial charge on any atom is -0.452 e. The van der Waals surface area contributed by atoms with Crippen molar-refractivity contribution in [1.29, 1.82) is 0 Å². The first kappa shape index (κ1) is 22.2.